The molecule has 0 aromatic heterocycles. The SMILES string of the molecule is COc1cccc(OC)c1C(=O)N1CCC(C(=O)Nc2ccccc2Cl)CC1. The second-order valence-electron chi connectivity index (χ2n) is 6.57. The second kappa shape index (κ2) is 8.97. The van der Waals surface area contributed by atoms with Gasteiger partial charge in [-0.25, -0.2) is 0 Å². The molecule has 2 amide bonds. The Kier molecular flexibility index (Phi) is 6.41. The molecule has 7 heteroatoms. The maximum atomic E-state index is 13.0. The molecule has 0 unspecified atom stereocenters. The first-order chi connectivity index (χ1) is 13.5. The lowest BCUT2D eigenvalue weighted by molar-refractivity contribution is -0.121. The summed E-state index contributed by atoms with van der Waals surface area (Å²) in [5.41, 5.74) is 1.01. The van der Waals surface area contributed by atoms with Crippen LogP contribution in [0.25, 0.3) is 0 Å². The van der Waals surface area contributed by atoms with Crippen molar-refractivity contribution in [2.45, 2.75) is 12.8 Å². The van der Waals surface area contributed by atoms with E-state index >= 15 is 0 Å². The van der Waals surface area contributed by atoms with Gasteiger partial charge in [0.1, 0.15) is 17.1 Å². The first kappa shape index (κ1) is 20.0. The number of para-hydroxylation sites is 1. The summed E-state index contributed by atoms with van der Waals surface area (Å²) in [4.78, 5) is 27.3. The van der Waals surface area contributed by atoms with Gasteiger partial charge >= 0.3 is 0 Å². The van der Waals surface area contributed by atoms with Crippen molar-refractivity contribution in [1.82, 2.24) is 4.90 Å². The quantitative estimate of drug-likeness (QED) is 0.824. The molecule has 1 fully saturated rings. The third-order valence-corrected chi connectivity index (χ3v) is 5.26. The first-order valence-electron chi connectivity index (χ1n) is 9.10. The number of benzene rings is 2. The van der Waals surface area contributed by atoms with Crippen molar-refractivity contribution < 1.29 is 19.1 Å². The number of carbonyl (C=O) groups is 2. The van der Waals surface area contributed by atoms with E-state index in [1.165, 1.54) is 14.2 Å². The summed E-state index contributed by atoms with van der Waals surface area (Å²) >= 11 is 6.11. The Hall–Kier alpha value is -2.73. The maximum absolute atomic E-state index is 13.0. The highest BCUT2D eigenvalue weighted by molar-refractivity contribution is 6.33. The van der Waals surface area contributed by atoms with Gasteiger partial charge in [-0.05, 0) is 37.1 Å². The number of ether oxygens (including phenoxy) is 2. The number of rotatable bonds is 5. The van der Waals surface area contributed by atoms with E-state index in [1.54, 1.807) is 35.2 Å². The monoisotopic (exact) mass is 402 g/mol. The van der Waals surface area contributed by atoms with Crippen LogP contribution in [0.1, 0.15) is 23.2 Å². The zero-order valence-electron chi connectivity index (χ0n) is 15.9. The number of amides is 2. The summed E-state index contributed by atoms with van der Waals surface area (Å²) in [5, 5.41) is 3.38. The molecule has 0 aliphatic carbocycles. The predicted molar refractivity (Wildman–Crippen MR) is 108 cm³/mol. The van der Waals surface area contributed by atoms with E-state index in [-0.39, 0.29) is 17.7 Å². The number of nitrogens with zero attached hydrogens (tertiary/aromatic N) is 1. The van der Waals surface area contributed by atoms with E-state index in [0.29, 0.717) is 53.7 Å². The van der Waals surface area contributed by atoms with Gasteiger partial charge in [-0.15, -0.1) is 0 Å². The molecule has 3 rings (SSSR count). The Morgan fingerprint density at radius 1 is 1.00 bits per heavy atom. The number of likely N-dealkylation sites (tertiary alicyclic amines) is 1. The molecule has 1 aliphatic rings. The molecular weight excluding hydrogens is 380 g/mol. The van der Waals surface area contributed by atoms with Crippen LogP contribution in [0.4, 0.5) is 5.69 Å². The number of halogens is 1. The predicted octanol–water partition coefficient (Wildman–Crippen LogP) is 3.85. The van der Waals surface area contributed by atoms with E-state index < -0.39 is 0 Å². The van der Waals surface area contributed by atoms with E-state index in [9.17, 15) is 9.59 Å². The number of hydrogen-bond acceptors (Lipinski definition) is 4. The van der Waals surface area contributed by atoms with Crippen LogP contribution >= 0.6 is 11.6 Å². The minimum absolute atomic E-state index is 0.0740. The van der Waals surface area contributed by atoms with Gasteiger partial charge in [0, 0.05) is 19.0 Å². The summed E-state index contributed by atoms with van der Waals surface area (Å²) in [6.45, 7) is 0.974. The lowest BCUT2D eigenvalue weighted by atomic mass is 9.95. The molecule has 148 valence electrons. The topological polar surface area (TPSA) is 67.9 Å². The highest BCUT2D eigenvalue weighted by atomic mass is 35.5. The van der Waals surface area contributed by atoms with Gasteiger partial charge in [-0.3, -0.25) is 9.59 Å². The van der Waals surface area contributed by atoms with Gasteiger partial charge in [-0.2, -0.15) is 0 Å². The number of methoxy groups -OCH3 is 2. The molecule has 1 N–H and O–H groups in total. The Morgan fingerprint density at radius 2 is 1.61 bits per heavy atom. The molecule has 0 spiro atoms. The fourth-order valence-corrected chi connectivity index (χ4v) is 3.55. The lowest BCUT2D eigenvalue weighted by Crippen LogP contribution is -2.41. The molecule has 28 heavy (non-hydrogen) atoms. The fourth-order valence-electron chi connectivity index (χ4n) is 3.36. The summed E-state index contributed by atoms with van der Waals surface area (Å²) in [5.74, 6) is 0.556. The number of hydrogen-bond donors (Lipinski definition) is 1. The van der Waals surface area contributed by atoms with Crippen LogP contribution in [0, 0.1) is 5.92 Å². The van der Waals surface area contributed by atoms with E-state index in [4.69, 9.17) is 21.1 Å². The van der Waals surface area contributed by atoms with Crippen LogP contribution in [-0.4, -0.2) is 44.0 Å². The molecule has 1 heterocycles. The van der Waals surface area contributed by atoms with Crippen molar-refractivity contribution >= 4 is 29.1 Å². The van der Waals surface area contributed by atoms with Gasteiger partial charge < -0.3 is 19.7 Å². The molecule has 6 nitrogen and oxygen atoms in total. The maximum Gasteiger partial charge on any atom is 0.261 e. The standard InChI is InChI=1S/C21H23ClN2O4/c1-27-17-8-5-9-18(28-2)19(17)21(26)24-12-10-14(11-13-24)20(25)23-16-7-4-3-6-15(16)22/h3-9,14H,10-13H2,1-2H3,(H,23,25). The fraction of sp³-hybridized carbons (Fsp3) is 0.333. The first-order valence-corrected chi connectivity index (χ1v) is 9.48. The van der Waals surface area contributed by atoms with Gasteiger partial charge in [0.25, 0.3) is 5.91 Å². The van der Waals surface area contributed by atoms with Gasteiger partial charge in [0.15, 0.2) is 0 Å². The molecule has 2 aromatic rings. The van der Waals surface area contributed by atoms with Gasteiger partial charge in [-0.1, -0.05) is 29.8 Å². The Bertz CT molecular complexity index is 841. The van der Waals surface area contributed by atoms with Crippen molar-refractivity contribution in [3.05, 3.63) is 53.1 Å². The second-order valence-corrected chi connectivity index (χ2v) is 6.98. The third-order valence-electron chi connectivity index (χ3n) is 4.93. The summed E-state index contributed by atoms with van der Waals surface area (Å²) < 4.78 is 10.7. The Labute approximate surface area is 169 Å². The molecule has 0 atom stereocenters. The summed E-state index contributed by atoms with van der Waals surface area (Å²) in [6.07, 6.45) is 1.17. The smallest absolute Gasteiger partial charge is 0.261 e. The van der Waals surface area contributed by atoms with Gasteiger partial charge in [0.05, 0.1) is 24.9 Å². The van der Waals surface area contributed by atoms with Crippen molar-refractivity contribution in [3.8, 4) is 11.5 Å². The number of carbonyl (C=O) groups excluding carboxylic acids is 2. The van der Waals surface area contributed by atoms with E-state index in [2.05, 4.69) is 5.32 Å². The van der Waals surface area contributed by atoms with Crippen LogP contribution in [0.2, 0.25) is 5.02 Å². The molecule has 0 bridgehead atoms. The van der Waals surface area contributed by atoms with Crippen molar-refractivity contribution in [3.63, 3.8) is 0 Å². The molecule has 0 saturated carbocycles. The molecule has 0 radical (unpaired) electrons. The lowest BCUT2D eigenvalue weighted by Gasteiger charge is -2.32. The zero-order valence-corrected chi connectivity index (χ0v) is 16.7. The molecule has 1 saturated heterocycles. The van der Waals surface area contributed by atoms with Crippen LogP contribution in [0.5, 0.6) is 11.5 Å². The van der Waals surface area contributed by atoms with Crippen LogP contribution < -0.4 is 14.8 Å². The normalized spacial score (nSPS) is 14.5. The van der Waals surface area contributed by atoms with Crippen LogP contribution in [-0.2, 0) is 4.79 Å². The molecule has 1 aliphatic heterocycles. The highest BCUT2D eigenvalue weighted by Crippen LogP contribution is 2.31. The highest BCUT2D eigenvalue weighted by Gasteiger charge is 2.30. The minimum atomic E-state index is -0.167. The average molecular weight is 403 g/mol. The van der Waals surface area contributed by atoms with E-state index in [1.807, 2.05) is 12.1 Å². The molecule has 2 aromatic carbocycles. The Morgan fingerprint density at radius 3 is 2.18 bits per heavy atom. The van der Waals surface area contributed by atoms with Crippen molar-refractivity contribution in [2.75, 3.05) is 32.6 Å². The average Bonchev–Trinajstić information content (AvgIpc) is 2.74. The largest absolute Gasteiger partial charge is 0.496 e. The zero-order chi connectivity index (χ0) is 20.1. The number of anilines is 1. The van der Waals surface area contributed by atoms with Gasteiger partial charge in [0.2, 0.25) is 5.91 Å². The van der Waals surface area contributed by atoms with Crippen LogP contribution in [0.15, 0.2) is 42.5 Å². The molecular formula is C21H23ClN2O4. The Balaban J connectivity index is 1.65. The summed E-state index contributed by atoms with van der Waals surface area (Å²) in [6, 6.07) is 12.4. The minimum Gasteiger partial charge on any atom is -0.496 e. The van der Waals surface area contributed by atoms with Crippen molar-refractivity contribution in [2.24, 2.45) is 5.92 Å². The van der Waals surface area contributed by atoms with Crippen molar-refractivity contribution in [1.29, 1.82) is 0 Å². The van der Waals surface area contributed by atoms with Crippen LogP contribution in [0.3, 0.4) is 0 Å². The summed E-state index contributed by atoms with van der Waals surface area (Å²) in [7, 11) is 3.05. The third kappa shape index (κ3) is 4.22. The number of piperidine rings is 1. The van der Waals surface area contributed by atoms with E-state index in [0.717, 1.165) is 0 Å². The number of nitrogens with one attached hydrogen (secondary N) is 1.